The van der Waals surface area contributed by atoms with Crippen molar-refractivity contribution in [3.8, 4) is 0 Å². The molecule has 276 valence electrons. The predicted octanol–water partition coefficient (Wildman–Crippen LogP) is 12.2. The summed E-state index contributed by atoms with van der Waals surface area (Å²) in [6.07, 6.45) is 38.6. The normalized spacial score (nSPS) is 14.6. The van der Waals surface area contributed by atoms with Gasteiger partial charge in [-0.25, -0.2) is 0 Å². The molecule has 0 aliphatic carbocycles. The van der Waals surface area contributed by atoms with Gasteiger partial charge >= 0.3 is 11.9 Å². The first-order valence-electron chi connectivity index (χ1n) is 20.7. The molecule has 0 aromatic heterocycles. The lowest BCUT2D eigenvalue weighted by atomic mass is 10.1. The Balaban J connectivity index is 1.84. The van der Waals surface area contributed by atoms with Gasteiger partial charge in [0.1, 0.15) is 0 Å². The smallest absolute Gasteiger partial charge is 0.305 e. The number of aliphatic imine (C=N–C) groups is 1. The molecule has 0 amide bonds. The van der Waals surface area contributed by atoms with Crippen molar-refractivity contribution in [3.05, 3.63) is 0 Å². The van der Waals surface area contributed by atoms with Gasteiger partial charge in [0.05, 0.1) is 19.0 Å². The standard InChI is InChI=1S/C41H78N2O4/c1-3-4-5-6-7-8-9-10-16-21-26-31-36-47-41(46)34-29-24-19-12-11-15-20-25-30-35-43-38(2)37-42-39(43)32-27-22-17-13-14-18-23-28-33-40(44)45/h38H,3-37H2,1-2H3,(H,44,45). The summed E-state index contributed by atoms with van der Waals surface area (Å²) in [5.74, 6) is 0.684. The molecule has 0 aromatic carbocycles. The quantitative estimate of drug-likeness (QED) is 0.0533. The second-order valence-electron chi connectivity index (χ2n) is 14.6. The van der Waals surface area contributed by atoms with Crippen molar-refractivity contribution < 1.29 is 19.4 Å². The molecular weight excluding hydrogens is 584 g/mol. The van der Waals surface area contributed by atoms with Gasteiger partial charge in [-0.15, -0.1) is 0 Å². The Kier molecular flexibility index (Phi) is 30.4. The van der Waals surface area contributed by atoms with E-state index >= 15 is 0 Å². The maximum Gasteiger partial charge on any atom is 0.305 e. The highest BCUT2D eigenvalue weighted by Crippen LogP contribution is 2.19. The number of carbonyl (C=O) groups is 2. The number of esters is 1. The van der Waals surface area contributed by atoms with Gasteiger partial charge in [0.2, 0.25) is 0 Å². The van der Waals surface area contributed by atoms with E-state index in [1.807, 2.05) is 0 Å². The largest absolute Gasteiger partial charge is 0.481 e. The Morgan fingerprint density at radius 2 is 1.04 bits per heavy atom. The summed E-state index contributed by atoms with van der Waals surface area (Å²) < 4.78 is 5.46. The minimum atomic E-state index is -0.669. The van der Waals surface area contributed by atoms with E-state index in [-0.39, 0.29) is 5.97 Å². The summed E-state index contributed by atoms with van der Waals surface area (Å²) in [4.78, 5) is 30.0. The summed E-state index contributed by atoms with van der Waals surface area (Å²) in [7, 11) is 0. The van der Waals surface area contributed by atoms with Crippen molar-refractivity contribution in [2.24, 2.45) is 4.99 Å². The molecule has 47 heavy (non-hydrogen) atoms. The zero-order valence-corrected chi connectivity index (χ0v) is 31.4. The van der Waals surface area contributed by atoms with Crippen LogP contribution in [-0.4, -0.2) is 53.5 Å². The minimum absolute atomic E-state index is 0.00638. The van der Waals surface area contributed by atoms with E-state index in [1.165, 1.54) is 160 Å². The van der Waals surface area contributed by atoms with Gasteiger partial charge in [-0.1, -0.05) is 161 Å². The number of carboxylic acids is 1. The Hall–Kier alpha value is -1.59. The lowest BCUT2D eigenvalue weighted by molar-refractivity contribution is -0.144. The third-order valence-corrected chi connectivity index (χ3v) is 9.98. The lowest BCUT2D eigenvalue weighted by Crippen LogP contribution is -2.35. The van der Waals surface area contributed by atoms with Crippen LogP contribution in [0, 0.1) is 0 Å². The van der Waals surface area contributed by atoms with Crippen molar-refractivity contribution in [1.82, 2.24) is 4.90 Å². The fourth-order valence-electron chi connectivity index (χ4n) is 6.86. The highest BCUT2D eigenvalue weighted by atomic mass is 16.5. The molecule has 1 aliphatic heterocycles. The van der Waals surface area contributed by atoms with Gasteiger partial charge in [0.25, 0.3) is 0 Å². The van der Waals surface area contributed by atoms with E-state index in [1.54, 1.807) is 0 Å². The van der Waals surface area contributed by atoms with Crippen molar-refractivity contribution in [3.63, 3.8) is 0 Å². The van der Waals surface area contributed by atoms with Crippen LogP contribution >= 0.6 is 0 Å². The molecule has 0 fully saturated rings. The van der Waals surface area contributed by atoms with E-state index < -0.39 is 5.97 Å². The number of carboxylic acid groups (broad SMARTS) is 1. The third kappa shape index (κ3) is 28.0. The van der Waals surface area contributed by atoms with Crippen molar-refractivity contribution in [2.45, 2.75) is 225 Å². The number of hydrogen-bond acceptors (Lipinski definition) is 5. The van der Waals surface area contributed by atoms with Crippen molar-refractivity contribution in [1.29, 1.82) is 0 Å². The Morgan fingerprint density at radius 3 is 1.55 bits per heavy atom. The third-order valence-electron chi connectivity index (χ3n) is 9.98. The molecular formula is C41H78N2O4. The predicted molar refractivity (Wildman–Crippen MR) is 200 cm³/mol. The number of hydrogen-bond donors (Lipinski definition) is 1. The highest BCUT2D eigenvalue weighted by molar-refractivity contribution is 5.84. The van der Waals surface area contributed by atoms with Crippen LogP contribution in [0.2, 0.25) is 0 Å². The first kappa shape index (κ1) is 43.4. The number of carbonyl (C=O) groups excluding carboxylic acids is 1. The first-order chi connectivity index (χ1) is 23.0. The second kappa shape index (κ2) is 32.9. The average molecular weight is 663 g/mol. The molecule has 6 nitrogen and oxygen atoms in total. The van der Waals surface area contributed by atoms with Gasteiger partial charge in [0.15, 0.2) is 0 Å². The van der Waals surface area contributed by atoms with Crippen LogP contribution in [0.4, 0.5) is 0 Å². The monoisotopic (exact) mass is 663 g/mol. The Bertz CT molecular complexity index is 756. The summed E-state index contributed by atoms with van der Waals surface area (Å²) in [5, 5.41) is 8.70. The molecule has 0 saturated heterocycles. The number of rotatable bonds is 36. The van der Waals surface area contributed by atoms with Gasteiger partial charge < -0.3 is 14.7 Å². The molecule has 1 rings (SSSR count). The van der Waals surface area contributed by atoms with Gasteiger partial charge in [-0.2, -0.15) is 0 Å². The van der Waals surface area contributed by atoms with Crippen LogP contribution in [0.5, 0.6) is 0 Å². The second-order valence-corrected chi connectivity index (χ2v) is 14.6. The van der Waals surface area contributed by atoms with Gasteiger partial charge in [-0.3, -0.25) is 14.6 Å². The number of unbranched alkanes of at least 4 members (excludes halogenated alkanes) is 26. The molecule has 1 atom stereocenters. The zero-order valence-electron chi connectivity index (χ0n) is 31.4. The molecule has 6 heteroatoms. The van der Waals surface area contributed by atoms with Gasteiger partial charge in [-0.05, 0) is 39.0 Å². The summed E-state index contributed by atoms with van der Waals surface area (Å²) in [5.41, 5.74) is 0. The minimum Gasteiger partial charge on any atom is -0.481 e. The topological polar surface area (TPSA) is 79.2 Å². The molecule has 1 unspecified atom stereocenters. The van der Waals surface area contributed by atoms with Crippen LogP contribution in [0.15, 0.2) is 4.99 Å². The van der Waals surface area contributed by atoms with Crippen LogP contribution in [-0.2, 0) is 14.3 Å². The van der Waals surface area contributed by atoms with E-state index in [0.29, 0.717) is 25.5 Å². The molecule has 1 heterocycles. The fraction of sp³-hybridized carbons (Fsp3) is 0.927. The number of amidine groups is 1. The maximum absolute atomic E-state index is 12.0. The average Bonchev–Trinajstić information content (AvgIpc) is 3.41. The van der Waals surface area contributed by atoms with Crippen LogP contribution < -0.4 is 0 Å². The number of nitrogens with zero attached hydrogens (tertiary/aromatic N) is 2. The fourth-order valence-corrected chi connectivity index (χ4v) is 6.86. The van der Waals surface area contributed by atoms with Crippen LogP contribution in [0.25, 0.3) is 0 Å². The van der Waals surface area contributed by atoms with Crippen LogP contribution in [0.1, 0.15) is 219 Å². The molecule has 0 bridgehead atoms. The summed E-state index contributed by atoms with van der Waals surface area (Å²) in [6.45, 7) is 7.33. The van der Waals surface area contributed by atoms with Crippen LogP contribution in [0.3, 0.4) is 0 Å². The van der Waals surface area contributed by atoms with Crippen molar-refractivity contribution >= 4 is 17.8 Å². The van der Waals surface area contributed by atoms with E-state index in [4.69, 9.17) is 14.8 Å². The zero-order chi connectivity index (χ0) is 34.0. The van der Waals surface area contributed by atoms with E-state index in [2.05, 4.69) is 18.7 Å². The molecule has 0 spiro atoms. The summed E-state index contributed by atoms with van der Waals surface area (Å²) >= 11 is 0. The van der Waals surface area contributed by atoms with E-state index in [9.17, 15) is 9.59 Å². The first-order valence-corrected chi connectivity index (χ1v) is 20.7. The summed E-state index contributed by atoms with van der Waals surface area (Å²) in [6, 6.07) is 0.558. The molecule has 1 N–H and O–H groups in total. The number of ether oxygens (including phenoxy) is 1. The van der Waals surface area contributed by atoms with Gasteiger partial charge in [0, 0.05) is 31.8 Å². The molecule has 1 aliphatic rings. The lowest BCUT2D eigenvalue weighted by Gasteiger charge is -2.25. The van der Waals surface area contributed by atoms with E-state index in [0.717, 1.165) is 51.6 Å². The van der Waals surface area contributed by atoms with Crippen molar-refractivity contribution in [2.75, 3.05) is 19.7 Å². The number of aliphatic carboxylic acids is 1. The molecule has 0 radical (unpaired) electrons. The molecule has 0 saturated carbocycles. The molecule has 0 aromatic rings. The highest BCUT2D eigenvalue weighted by Gasteiger charge is 2.22. The maximum atomic E-state index is 12.0. The Labute approximate surface area is 291 Å². The SMILES string of the molecule is CCCCCCCCCCCCCCOC(=O)CCCCCCCCCCCN1C(CCCCCCCCCCC(=O)O)=NCC1C. The Morgan fingerprint density at radius 1 is 0.617 bits per heavy atom.